The Balaban J connectivity index is 2.27. The van der Waals surface area contributed by atoms with E-state index in [0.717, 1.165) is 17.8 Å². The van der Waals surface area contributed by atoms with E-state index in [0.29, 0.717) is 17.5 Å². The van der Waals surface area contributed by atoms with Crippen LogP contribution in [0.1, 0.15) is 11.1 Å². The summed E-state index contributed by atoms with van der Waals surface area (Å²) >= 11 is 1.66. The summed E-state index contributed by atoms with van der Waals surface area (Å²) in [4.78, 5) is 13.8. The number of rotatable bonds is 2. The summed E-state index contributed by atoms with van der Waals surface area (Å²) in [6.07, 6.45) is 0. The predicted octanol–water partition coefficient (Wildman–Crippen LogP) is 1.71. The largest absolute Gasteiger partial charge is 0.329 e. The molecule has 1 unspecified atom stereocenters. The first-order chi connectivity index (χ1) is 8.11. The molecule has 2 rings (SSSR count). The number of amides is 1. The molecule has 1 aliphatic rings. The van der Waals surface area contributed by atoms with E-state index >= 15 is 0 Å². The molecule has 1 aliphatic heterocycles. The summed E-state index contributed by atoms with van der Waals surface area (Å²) in [6, 6.07) is 6.20. The maximum atomic E-state index is 12.0. The molecule has 0 bridgehead atoms. The fourth-order valence-electron chi connectivity index (χ4n) is 2.11. The Bertz CT molecular complexity index is 433. The third kappa shape index (κ3) is 2.64. The number of hydrogen-bond acceptors (Lipinski definition) is 3. The molecule has 0 spiro atoms. The van der Waals surface area contributed by atoms with Crippen molar-refractivity contribution in [2.45, 2.75) is 19.1 Å². The van der Waals surface area contributed by atoms with E-state index in [1.807, 2.05) is 11.0 Å². The van der Waals surface area contributed by atoms with Crippen molar-refractivity contribution in [3.8, 4) is 0 Å². The lowest BCUT2D eigenvalue weighted by atomic mass is 10.1. The van der Waals surface area contributed by atoms with Crippen LogP contribution >= 0.6 is 11.8 Å². The van der Waals surface area contributed by atoms with E-state index in [1.165, 1.54) is 5.56 Å². The zero-order valence-electron chi connectivity index (χ0n) is 10.3. The Morgan fingerprint density at radius 2 is 2.24 bits per heavy atom. The Morgan fingerprint density at radius 1 is 1.47 bits per heavy atom. The fourth-order valence-corrected chi connectivity index (χ4v) is 3.03. The van der Waals surface area contributed by atoms with Gasteiger partial charge in [-0.2, -0.15) is 0 Å². The zero-order chi connectivity index (χ0) is 12.4. The minimum absolute atomic E-state index is 0.187. The van der Waals surface area contributed by atoms with Crippen molar-refractivity contribution >= 4 is 23.4 Å². The summed E-state index contributed by atoms with van der Waals surface area (Å²) in [7, 11) is 0. The van der Waals surface area contributed by atoms with Crippen molar-refractivity contribution in [1.82, 2.24) is 0 Å². The molecule has 1 heterocycles. The van der Waals surface area contributed by atoms with E-state index in [4.69, 9.17) is 5.73 Å². The van der Waals surface area contributed by atoms with Gasteiger partial charge in [0.05, 0.1) is 5.75 Å². The van der Waals surface area contributed by atoms with Crippen molar-refractivity contribution < 1.29 is 4.79 Å². The van der Waals surface area contributed by atoms with Gasteiger partial charge in [-0.05, 0) is 25.5 Å². The number of anilines is 1. The molecular formula is C13H18N2OS. The smallest absolute Gasteiger partial charge is 0.237 e. The van der Waals surface area contributed by atoms with Gasteiger partial charge in [0.2, 0.25) is 5.91 Å². The molecule has 1 aromatic carbocycles. The number of thioether (sulfide) groups is 1. The summed E-state index contributed by atoms with van der Waals surface area (Å²) in [6.45, 7) is 5.46. The predicted molar refractivity (Wildman–Crippen MR) is 73.6 cm³/mol. The molecule has 1 amide bonds. The van der Waals surface area contributed by atoms with Crippen molar-refractivity contribution in [3.05, 3.63) is 29.3 Å². The van der Waals surface area contributed by atoms with Gasteiger partial charge in [0, 0.05) is 24.0 Å². The Hall–Kier alpha value is -1.00. The average Bonchev–Trinajstić information content (AvgIpc) is 2.30. The first kappa shape index (κ1) is 12.5. The van der Waals surface area contributed by atoms with Crippen LogP contribution in [-0.2, 0) is 4.79 Å². The maximum Gasteiger partial charge on any atom is 0.237 e. The van der Waals surface area contributed by atoms with Gasteiger partial charge in [0.25, 0.3) is 0 Å². The molecule has 0 radical (unpaired) electrons. The van der Waals surface area contributed by atoms with Crippen LogP contribution in [0.15, 0.2) is 18.2 Å². The van der Waals surface area contributed by atoms with E-state index in [1.54, 1.807) is 11.8 Å². The second-order valence-electron chi connectivity index (χ2n) is 4.46. The number of nitrogens with two attached hydrogens (primary N) is 1. The molecule has 0 aromatic heterocycles. The maximum absolute atomic E-state index is 12.0. The molecule has 92 valence electrons. The second-order valence-corrected chi connectivity index (χ2v) is 5.75. The van der Waals surface area contributed by atoms with Crippen LogP contribution in [0.2, 0.25) is 0 Å². The molecule has 17 heavy (non-hydrogen) atoms. The first-order valence-electron chi connectivity index (χ1n) is 5.81. The minimum Gasteiger partial charge on any atom is -0.329 e. The van der Waals surface area contributed by atoms with Crippen LogP contribution in [0.5, 0.6) is 0 Å². The van der Waals surface area contributed by atoms with Gasteiger partial charge in [-0.15, -0.1) is 11.8 Å². The number of aryl methyl sites for hydroxylation is 2. The summed E-state index contributed by atoms with van der Waals surface area (Å²) in [5.41, 5.74) is 9.10. The molecule has 0 aliphatic carbocycles. The van der Waals surface area contributed by atoms with E-state index in [9.17, 15) is 4.79 Å². The SMILES string of the molecule is Cc1ccc(N2CC(CN)SCC2=O)c(C)c1. The van der Waals surface area contributed by atoms with Gasteiger partial charge < -0.3 is 10.6 Å². The lowest BCUT2D eigenvalue weighted by molar-refractivity contribution is -0.116. The third-order valence-electron chi connectivity index (χ3n) is 3.04. The van der Waals surface area contributed by atoms with Crippen LogP contribution < -0.4 is 10.6 Å². The molecule has 1 fully saturated rings. The number of carbonyl (C=O) groups excluding carboxylic acids is 1. The van der Waals surface area contributed by atoms with Gasteiger partial charge in [-0.1, -0.05) is 17.7 Å². The Kier molecular flexibility index (Phi) is 3.74. The molecule has 3 nitrogen and oxygen atoms in total. The van der Waals surface area contributed by atoms with Crippen molar-refractivity contribution in [1.29, 1.82) is 0 Å². The standard InChI is InChI=1S/C13H18N2OS/c1-9-3-4-12(10(2)5-9)15-7-11(6-14)17-8-13(15)16/h3-5,11H,6-8,14H2,1-2H3. The third-order valence-corrected chi connectivity index (χ3v) is 4.26. The lowest BCUT2D eigenvalue weighted by Crippen LogP contribution is -2.45. The highest BCUT2D eigenvalue weighted by Crippen LogP contribution is 2.27. The van der Waals surface area contributed by atoms with Crippen molar-refractivity contribution in [2.24, 2.45) is 5.73 Å². The van der Waals surface area contributed by atoms with Crippen molar-refractivity contribution in [2.75, 3.05) is 23.7 Å². The van der Waals surface area contributed by atoms with Crippen molar-refractivity contribution in [3.63, 3.8) is 0 Å². The van der Waals surface area contributed by atoms with Crippen LogP contribution in [0, 0.1) is 13.8 Å². The number of carbonyl (C=O) groups is 1. The highest BCUT2D eigenvalue weighted by atomic mass is 32.2. The zero-order valence-corrected chi connectivity index (χ0v) is 11.1. The van der Waals surface area contributed by atoms with Crippen LogP contribution in [0.4, 0.5) is 5.69 Å². The van der Waals surface area contributed by atoms with Gasteiger partial charge in [-0.3, -0.25) is 4.79 Å². The molecule has 0 saturated carbocycles. The van der Waals surface area contributed by atoms with E-state index in [-0.39, 0.29) is 5.91 Å². The average molecular weight is 250 g/mol. The lowest BCUT2D eigenvalue weighted by Gasteiger charge is -2.32. The summed E-state index contributed by atoms with van der Waals surface area (Å²) in [5, 5.41) is 0.355. The van der Waals surface area contributed by atoms with Gasteiger partial charge in [0.1, 0.15) is 0 Å². The molecule has 1 aromatic rings. The minimum atomic E-state index is 0.187. The van der Waals surface area contributed by atoms with Crippen LogP contribution in [0.3, 0.4) is 0 Å². The summed E-state index contributed by atoms with van der Waals surface area (Å²) < 4.78 is 0. The second kappa shape index (κ2) is 5.10. The van der Waals surface area contributed by atoms with Gasteiger partial charge in [0.15, 0.2) is 0 Å². The Labute approximate surface area is 106 Å². The molecule has 4 heteroatoms. The van der Waals surface area contributed by atoms with Gasteiger partial charge >= 0.3 is 0 Å². The Morgan fingerprint density at radius 3 is 2.88 bits per heavy atom. The molecule has 1 saturated heterocycles. The van der Waals surface area contributed by atoms with E-state index < -0.39 is 0 Å². The number of benzene rings is 1. The normalized spacial score (nSPS) is 20.8. The first-order valence-corrected chi connectivity index (χ1v) is 6.86. The van der Waals surface area contributed by atoms with Crippen LogP contribution in [-0.4, -0.2) is 30.0 Å². The quantitative estimate of drug-likeness (QED) is 0.869. The topological polar surface area (TPSA) is 46.3 Å². The number of nitrogens with zero attached hydrogens (tertiary/aromatic N) is 1. The molecular weight excluding hydrogens is 232 g/mol. The molecule has 2 N–H and O–H groups in total. The van der Waals surface area contributed by atoms with Gasteiger partial charge in [-0.25, -0.2) is 0 Å². The number of hydrogen-bond donors (Lipinski definition) is 1. The van der Waals surface area contributed by atoms with E-state index in [2.05, 4.69) is 26.0 Å². The highest BCUT2D eigenvalue weighted by Gasteiger charge is 2.27. The monoisotopic (exact) mass is 250 g/mol. The fraction of sp³-hybridized carbons (Fsp3) is 0.462. The summed E-state index contributed by atoms with van der Waals surface area (Å²) in [5.74, 6) is 0.724. The molecule has 1 atom stereocenters. The van der Waals surface area contributed by atoms with Crippen LogP contribution in [0.25, 0.3) is 0 Å². The highest BCUT2D eigenvalue weighted by molar-refractivity contribution is 8.00.